The number of hydrogen-bond acceptors (Lipinski definition) is 2. The molecular weight excluding hydrogens is 220 g/mol. The third kappa shape index (κ3) is 2.28. The van der Waals surface area contributed by atoms with Gasteiger partial charge in [-0.3, -0.25) is 14.7 Å². The van der Waals surface area contributed by atoms with Gasteiger partial charge in [-0.05, 0) is 24.6 Å². The summed E-state index contributed by atoms with van der Waals surface area (Å²) in [7, 11) is 0. The van der Waals surface area contributed by atoms with Crippen LogP contribution in [0.2, 0.25) is 0 Å². The molecule has 0 bridgehead atoms. The predicted octanol–water partition coefficient (Wildman–Crippen LogP) is 1.10. The molecule has 5 nitrogen and oxygen atoms in total. The second kappa shape index (κ2) is 4.29. The Balaban J connectivity index is 2.44. The number of nitrogens with one attached hydrogen (secondary N) is 1. The molecule has 2 aromatic rings. The third-order valence-electron chi connectivity index (χ3n) is 2.45. The van der Waals surface area contributed by atoms with Gasteiger partial charge in [0.2, 0.25) is 0 Å². The smallest absolute Gasteiger partial charge is 0.308 e. The van der Waals surface area contributed by atoms with Crippen LogP contribution < -0.4 is 5.56 Å². The fourth-order valence-electron chi connectivity index (χ4n) is 1.65. The van der Waals surface area contributed by atoms with E-state index in [0.717, 1.165) is 5.56 Å². The number of H-pyrrole nitrogens is 1. The van der Waals surface area contributed by atoms with E-state index in [-0.39, 0.29) is 17.5 Å². The first-order valence-corrected chi connectivity index (χ1v) is 5.16. The molecule has 1 heterocycles. The average molecular weight is 232 g/mol. The molecule has 0 radical (unpaired) electrons. The van der Waals surface area contributed by atoms with Gasteiger partial charge in [-0.1, -0.05) is 12.1 Å². The number of aliphatic carboxylic acids is 1. The van der Waals surface area contributed by atoms with Gasteiger partial charge >= 0.3 is 5.97 Å². The summed E-state index contributed by atoms with van der Waals surface area (Å²) >= 11 is 0. The molecule has 1 aromatic heterocycles. The Morgan fingerprint density at radius 1 is 1.47 bits per heavy atom. The molecule has 2 rings (SSSR count). The molecule has 0 saturated heterocycles. The SMILES string of the molecule is Cc1cccc(-n2[nH]cc(CC(=O)O)c2=O)c1. The Labute approximate surface area is 97.3 Å². The van der Waals surface area contributed by atoms with Crippen molar-refractivity contribution in [2.75, 3.05) is 0 Å². The maximum atomic E-state index is 11.9. The van der Waals surface area contributed by atoms with E-state index in [9.17, 15) is 9.59 Å². The van der Waals surface area contributed by atoms with Crippen LogP contribution in [0.25, 0.3) is 5.69 Å². The minimum atomic E-state index is -1.02. The lowest BCUT2D eigenvalue weighted by molar-refractivity contribution is -0.136. The highest BCUT2D eigenvalue weighted by Crippen LogP contribution is 2.07. The molecular formula is C12H12N2O3. The number of rotatable bonds is 3. The summed E-state index contributed by atoms with van der Waals surface area (Å²) in [5.41, 5.74) is 1.66. The van der Waals surface area contributed by atoms with E-state index < -0.39 is 5.97 Å². The van der Waals surface area contributed by atoms with Gasteiger partial charge in [0.15, 0.2) is 0 Å². The zero-order valence-corrected chi connectivity index (χ0v) is 9.30. The first-order chi connectivity index (χ1) is 8.08. The highest BCUT2D eigenvalue weighted by Gasteiger charge is 2.10. The molecule has 0 fully saturated rings. The number of aromatic amines is 1. The van der Waals surface area contributed by atoms with E-state index in [4.69, 9.17) is 5.11 Å². The van der Waals surface area contributed by atoms with Gasteiger partial charge in [0.05, 0.1) is 12.1 Å². The van der Waals surface area contributed by atoms with Gasteiger partial charge in [-0.15, -0.1) is 0 Å². The summed E-state index contributed by atoms with van der Waals surface area (Å²) in [5.74, 6) is -1.02. The van der Waals surface area contributed by atoms with Crippen molar-refractivity contribution in [1.82, 2.24) is 9.78 Å². The summed E-state index contributed by atoms with van der Waals surface area (Å²) in [6, 6.07) is 7.41. The van der Waals surface area contributed by atoms with E-state index in [2.05, 4.69) is 5.10 Å². The molecule has 88 valence electrons. The Morgan fingerprint density at radius 2 is 2.24 bits per heavy atom. The van der Waals surface area contributed by atoms with Crippen molar-refractivity contribution in [2.45, 2.75) is 13.3 Å². The molecule has 0 amide bonds. The Hall–Kier alpha value is -2.30. The number of carbonyl (C=O) groups is 1. The maximum absolute atomic E-state index is 11.9. The van der Waals surface area contributed by atoms with Gasteiger partial charge in [-0.2, -0.15) is 0 Å². The van der Waals surface area contributed by atoms with Gasteiger partial charge in [0, 0.05) is 11.8 Å². The molecule has 2 N–H and O–H groups in total. The number of hydrogen-bond donors (Lipinski definition) is 2. The summed E-state index contributed by atoms with van der Waals surface area (Å²) in [4.78, 5) is 22.4. The van der Waals surface area contributed by atoms with Crippen molar-refractivity contribution in [3.8, 4) is 5.69 Å². The summed E-state index contributed by atoms with van der Waals surface area (Å²) < 4.78 is 1.34. The van der Waals surface area contributed by atoms with Crippen LogP contribution >= 0.6 is 0 Å². The van der Waals surface area contributed by atoms with Crippen molar-refractivity contribution in [2.24, 2.45) is 0 Å². The van der Waals surface area contributed by atoms with E-state index in [1.165, 1.54) is 10.9 Å². The van der Waals surface area contributed by atoms with Crippen LogP contribution in [0, 0.1) is 6.92 Å². The largest absolute Gasteiger partial charge is 0.481 e. The topological polar surface area (TPSA) is 75.1 Å². The monoisotopic (exact) mass is 232 g/mol. The maximum Gasteiger partial charge on any atom is 0.308 e. The first kappa shape index (κ1) is 11.2. The van der Waals surface area contributed by atoms with E-state index in [0.29, 0.717) is 5.69 Å². The molecule has 0 unspecified atom stereocenters. The lowest BCUT2D eigenvalue weighted by Crippen LogP contribution is -2.19. The molecule has 0 spiro atoms. The zero-order valence-electron chi connectivity index (χ0n) is 9.30. The van der Waals surface area contributed by atoms with Gasteiger partial charge in [0.1, 0.15) is 0 Å². The fourth-order valence-corrected chi connectivity index (χ4v) is 1.65. The quantitative estimate of drug-likeness (QED) is 0.832. The molecule has 0 aliphatic heterocycles. The second-order valence-electron chi connectivity index (χ2n) is 3.85. The van der Waals surface area contributed by atoms with Crippen LogP contribution in [-0.4, -0.2) is 20.9 Å². The van der Waals surface area contributed by atoms with Gasteiger partial charge < -0.3 is 5.11 Å². The van der Waals surface area contributed by atoms with Crippen LogP contribution in [0.1, 0.15) is 11.1 Å². The molecule has 0 atom stereocenters. The standard InChI is InChI=1S/C12H12N2O3/c1-8-3-2-4-10(5-8)14-12(17)9(7-13-14)6-11(15)16/h2-5,7,13H,6H2,1H3,(H,15,16). The van der Waals surface area contributed by atoms with Crippen molar-refractivity contribution >= 4 is 5.97 Å². The first-order valence-electron chi connectivity index (χ1n) is 5.16. The van der Waals surface area contributed by atoms with Gasteiger partial charge in [-0.25, -0.2) is 4.68 Å². The summed E-state index contributed by atoms with van der Waals surface area (Å²) in [5, 5.41) is 11.4. The molecule has 5 heteroatoms. The van der Waals surface area contributed by atoms with Gasteiger partial charge in [0.25, 0.3) is 5.56 Å². The lowest BCUT2D eigenvalue weighted by Gasteiger charge is -2.01. The van der Waals surface area contributed by atoms with Crippen LogP contribution in [0.3, 0.4) is 0 Å². The molecule has 0 aliphatic carbocycles. The van der Waals surface area contributed by atoms with Crippen LogP contribution in [0.4, 0.5) is 0 Å². The van der Waals surface area contributed by atoms with Crippen molar-refractivity contribution in [3.05, 3.63) is 51.9 Å². The summed E-state index contributed by atoms with van der Waals surface area (Å²) in [6.07, 6.45) is 1.16. The van der Waals surface area contributed by atoms with Crippen molar-refractivity contribution < 1.29 is 9.90 Å². The molecule has 17 heavy (non-hydrogen) atoms. The van der Waals surface area contributed by atoms with Crippen LogP contribution in [0.5, 0.6) is 0 Å². The Bertz CT molecular complexity index is 610. The second-order valence-corrected chi connectivity index (χ2v) is 3.85. The normalized spacial score (nSPS) is 10.4. The van der Waals surface area contributed by atoms with Crippen molar-refractivity contribution in [3.63, 3.8) is 0 Å². The molecule has 0 saturated carbocycles. The predicted molar refractivity (Wildman–Crippen MR) is 62.5 cm³/mol. The Morgan fingerprint density at radius 3 is 2.88 bits per heavy atom. The van der Waals surface area contributed by atoms with Crippen molar-refractivity contribution in [1.29, 1.82) is 0 Å². The average Bonchev–Trinajstić information content (AvgIpc) is 2.60. The highest BCUT2D eigenvalue weighted by atomic mass is 16.4. The molecule has 0 aliphatic rings. The minimum absolute atomic E-state index is 0.249. The van der Waals surface area contributed by atoms with E-state index in [1.54, 1.807) is 6.07 Å². The van der Waals surface area contributed by atoms with E-state index >= 15 is 0 Å². The number of nitrogens with zero attached hydrogens (tertiary/aromatic N) is 1. The van der Waals surface area contributed by atoms with Crippen LogP contribution in [0.15, 0.2) is 35.3 Å². The Kier molecular flexibility index (Phi) is 2.82. The number of benzene rings is 1. The lowest BCUT2D eigenvalue weighted by atomic mass is 10.2. The fraction of sp³-hybridized carbons (Fsp3) is 0.167. The minimum Gasteiger partial charge on any atom is -0.481 e. The number of aryl methyl sites for hydroxylation is 1. The highest BCUT2D eigenvalue weighted by molar-refractivity contribution is 5.69. The van der Waals surface area contributed by atoms with Crippen LogP contribution in [-0.2, 0) is 11.2 Å². The zero-order chi connectivity index (χ0) is 12.4. The summed E-state index contributed by atoms with van der Waals surface area (Å²) in [6.45, 7) is 1.93. The number of carboxylic acids is 1. The number of carboxylic acid groups (broad SMARTS) is 1. The molecule has 1 aromatic carbocycles. The van der Waals surface area contributed by atoms with E-state index in [1.807, 2.05) is 25.1 Å². The number of aromatic nitrogens is 2. The third-order valence-corrected chi connectivity index (χ3v) is 2.45.